The lowest BCUT2D eigenvalue weighted by Gasteiger charge is -2.36. The average molecular weight is 307 g/mol. The zero-order valence-corrected chi connectivity index (χ0v) is 13.2. The second kappa shape index (κ2) is 6.98. The number of amides is 1. The second-order valence-corrected chi connectivity index (χ2v) is 5.86. The van der Waals surface area contributed by atoms with Crippen LogP contribution >= 0.6 is 12.2 Å². The molecule has 3 N–H and O–H groups in total. The number of carbonyl (C=O) groups excluding carboxylic acids is 1. The molecule has 5 nitrogen and oxygen atoms in total. The summed E-state index contributed by atoms with van der Waals surface area (Å²) in [5.41, 5.74) is 7.05. The van der Waals surface area contributed by atoms with Crippen molar-refractivity contribution in [1.29, 1.82) is 0 Å². The average Bonchev–Trinajstić information content (AvgIpc) is 2.43. The van der Waals surface area contributed by atoms with Crippen molar-refractivity contribution in [2.24, 2.45) is 5.73 Å². The van der Waals surface area contributed by atoms with Crippen LogP contribution in [-0.2, 0) is 9.53 Å². The van der Waals surface area contributed by atoms with Crippen LogP contribution < -0.4 is 11.1 Å². The van der Waals surface area contributed by atoms with Crippen molar-refractivity contribution in [3.8, 4) is 0 Å². The number of nitrogens with zero attached hydrogens (tertiary/aromatic N) is 1. The van der Waals surface area contributed by atoms with E-state index in [1.54, 1.807) is 6.07 Å². The smallest absolute Gasteiger partial charge is 0.238 e. The van der Waals surface area contributed by atoms with Gasteiger partial charge in [-0.1, -0.05) is 24.4 Å². The molecule has 2 unspecified atom stereocenters. The zero-order chi connectivity index (χ0) is 15.4. The van der Waals surface area contributed by atoms with E-state index in [4.69, 9.17) is 22.7 Å². The van der Waals surface area contributed by atoms with E-state index in [1.807, 2.05) is 25.1 Å². The van der Waals surface area contributed by atoms with Crippen molar-refractivity contribution in [2.75, 3.05) is 25.0 Å². The molecule has 0 aliphatic carbocycles. The fraction of sp³-hybridized carbons (Fsp3) is 0.467. The Balaban J connectivity index is 1.95. The van der Waals surface area contributed by atoms with Gasteiger partial charge in [-0.15, -0.1) is 0 Å². The van der Waals surface area contributed by atoms with E-state index in [2.05, 4.69) is 17.1 Å². The number of nitrogens with one attached hydrogen (secondary N) is 1. The second-order valence-electron chi connectivity index (χ2n) is 5.42. The van der Waals surface area contributed by atoms with E-state index < -0.39 is 0 Å². The topological polar surface area (TPSA) is 67.6 Å². The minimum Gasteiger partial charge on any atom is -0.389 e. The molecular weight excluding hydrogens is 286 g/mol. The van der Waals surface area contributed by atoms with Gasteiger partial charge < -0.3 is 15.8 Å². The van der Waals surface area contributed by atoms with Crippen molar-refractivity contribution < 1.29 is 9.53 Å². The highest BCUT2D eigenvalue weighted by atomic mass is 32.1. The largest absolute Gasteiger partial charge is 0.389 e. The van der Waals surface area contributed by atoms with Gasteiger partial charge in [-0.05, 0) is 26.0 Å². The SMILES string of the molecule is CC1CN(CC(=O)Nc2cccc(C(N)=S)c2)C(C)CO1. The molecule has 0 aromatic heterocycles. The predicted octanol–water partition coefficient (Wildman–Crippen LogP) is 1.37. The molecule has 114 valence electrons. The molecule has 1 amide bonds. The van der Waals surface area contributed by atoms with E-state index in [0.29, 0.717) is 23.8 Å². The fourth-order valence-corrected chi connectivity index (χ4v) is 2.45. The van der Waals surface area contributed by atoms with E-state index >= 15 is 0 Å². The molecule has 1 aliphatic heterocycles. The molecule has 2 rings (SSSR count). The maximum Gasteiger partial charge on any atom is 0.238 e. The van der Waals surface area contributed by atoms with Crippen molar-refractivity contribution in [2.45, 2.75) is 26.0 Å². The van der Waals surface area contributed by atoms with Gasteiger partial charge in [-0.2, -0.15) is 0 Å². The quantitative estimate of drug-likeness (QED) is 0.822. The van der Waals surface area contributed by atoms with Crippen molar-refractivity contribution in [3.63, 3.8) is 0 Å². The molecular formula is C15H21N3O2S. The molecule has 1 fully saturated rings. The van der Waals surface area contributed by atoms with Crippen LogP contribution in [0.4, 0.5) is 5.69 Å². The van der Waals surface area contributed by atoms with Crippen molar-refractivity contribution in [3.05, 3.63) is 29.8 Å². The van der Waals surface area contributed by atoms with Gasteiger partial charge in [-0.3, -0.25) is 9.69 Å². The van der Waals surface area contributed by atoms with E-state index in [9.17, 15) is 4.79 Å². The Morgan fingerprint density at radius 3 is 3.00 bits per heavy atom. The maximum atomic E-state index is 12.2. The summed E-state index contributed by atoms with van der Waals surface area (Å²) in [6.07, 6.45) is 0.159. The highest BCUT2D eigenvalue weighted by Crippen LogP contribution is 2.13. The number of ether oxygens (including phenoxy) is 1. The molecule has 0 spiro atoms. The van der Waals surface area contributed by atoms with E-state index in [1.165, 1.54) is 0 Å². The number of nitrogens with two attached hydrogens (primary N) is 1. The monoisotopic (exact) mass is 307 g/mol. The lowest BCUT2D eigenvalue weighted by Crippen LogP contribution is -2.50. The third-order valence-corrected chi connectivity index (χ3v) is 3.75. The molecule has 1 aromatic rings. The molecule has 1 aliphatic rings. The first-order chi connectivity index (χ1) is 9.95. The van der Waals surface area contributed by atoms with Crippen LogP contribution in [0.15, 0.2) is 24.3 Å². The van der Waals surface area contributed by atoms with Gasteiger partial charge in [0.05, 0.1) is 19.3 Å². The zero-order valence-electron chi connectivity index (χ0n) is 12.3. The molecule has 1 saturated heterocycles. The summed E-state index contributed by atoms with van der Waals surface area (Å²) in [6, 6.07) is 7.50. The summed E-state index contributed by atoms with van der Waals surface area (Å²) < 4.78 is 5.56. The first kappa shape index (κ1) is 15.9. The highest BCUT2D eigenvalue weighted by molar-refractivity contribution is 7.80. The summed E-state index contributed by atoms with van der Waals surface area (Å²) in [4.78, 5) is 14.6. The lowest BCUT2D eigenvalue weighted by atomic mass is 10.2. The number of hydrogen-bond acceptors (Lipinski definition) is 4. The number of hydrogen-bond donors (Lipinski definition) is 2. The predicted molar refractivity (Wildman–Crippen MR) is 87.4 cm³/mol. The Bertz CT molecular complexity index is 535. The minimum atomic E-state index is -0.0453. The molecule has 1 aromatic carbocycles. The van der Waals surface area contributed by atoms with E-state index in [0.717, 1.165) is 12.1 Å². The molecule has 6 heteroatoms. The molecule has 0 radical (unpaired) electrons. The van der Waals surface area contributed by atoms with Crippen molar-refractivity contribution >= 4 is 28.8 Å². The van der Waals surface area contributed by atoms with Crippen LogP contribution in [0.5, 0.6) is 0 Å². The van der Waals surface area contributed by atoms with Crippen molar-refractivity contribution in [1.82, 2.24) is 4.90 Å². The van der Waals surface area contributed by atoms with Gasteiger partial charge in [0.2, 0.25) is 5.91 Å². The third-order valence-electron chi connectivity index (χ3n) is 3.51. The Hall–Kier alpha value is -1.50. The number of thiocarbonyl (C=S) groups is 1. The molecule has 0 saturated carbocycles. The Morgan fingerprint density at radius 2 is 2.29 bits per heavy atom. The summed E-state index contributed by atoms with van der Waals surface area (Å²) in [6.45, 7) is 5.86. The van der Waals surface area contributed by atoms with Gasteiger partial charge in [-0.25, -0.2) is 0 Å². The van der Waals surface area contributed by atoms with Gasteiger partial charge in [0.15, 0.2) is 0 Å². The van der Waals surface area contributed by atoms with Crippen LogP contribution in [-0.4, -0.2) is 47.6 Å². The Labute approximate surface area is 130 Å². The van der Waals surface area contributed by atoms with Crippen LogP contribution in [0, 0.1) is 0 Å². The first-order valence-electron chi connectivity index (χ1n) is 7.01. The highest BCUT2D eigenvalue weighted by Gasteiger charge is 2.25. The number of benzene rings is 1. The van der Waals surface area contributed by atoms with Gasteiger partial charge in [0.1, 0.15) is 4.99 Å². The first-order valence-corrected chi connectivity index (χ1v) is 7.42. The Kier molecular flexibility index (Phi) is 5.27. The van der Waals surface area contributed by atoms with Gasteiger partial charge in [0.25, 0.3) is 0 Å². The maximum absolute atomic E-state index is 12.2. The lowest BCUT2D eigenvalue weighted by molar-refractivity contribution is -0.121. The van der Waals surface area contributed by atoms with Gasteiger partial charge in [0, 0.05) is 23.8 Å². The molecule has 2 atom stereocenters. The van der Waals surface area contributed by atoms with Crippen LogP contribution in [0.1, 0.15) is 19.4 Å². The molecule has 0 bridgehead atoms. The fourth-order valence-electron chi connectivity index (χ4n) is 2.33. The summed E-state index contributed by atoms with van der Waals surface area (Å²) in [5.74, 6) is -0.0453. The summed E-state index contributed by atoms with van der Waals surface area (Å²) in [7, 11) is 0. The normalized spacial score (nSPS) is 22.8. The van der Waals surface area contributed by atoms with Crippen LogP contribution in [0.3, 0.4) is 0 Å². The Morgan fingerprint density at radius 1 is 1.52 bits per heavy atom. The standard InChI is InChI=1S/C15H21N3O2S/c1-10-9-20-11(2)7-18(10)8-14(19)17-13-5-3-4-12(6-13)15(16)21/h3-6,10-11H,7-9H2,1-2H3,(H2,16,21)(H,17,19). The van der Waals surface area contributed by atoms with Crippen LogP contribution in [0.25, 0.3) is 0 Å². The summed E-state index contributed by atoms with van der Waals surface area (Å²) in [5, 5.41) is 2.88. The minimum absolute atomic E-state index is 0.0453. The number of morpholine rings is 1. The van der Waals surface area contributed by atoms with Gasteiger partial charge >= 0.3 is 0 Å². The number of rotatable bonds is 4. The van der Waals surface area contributed by atoms with Crippen LogP contribution in [0.2, 0.25) is 0 Å². The third kappa shape index (κ3) is 4.49. The summed E-state index contributed by atoms with van der Waals surface area (Å²) >= 11 is 4.94. The molecule has 21 heavy (non-hydrogen) atoms. The number of carbonyl (C=O) groups is 1. The van der Waals surface area contributed by atoms with E-state index in [-0.39, 0.29) is 18.1 Å². The number of anilines is 1. The molecule has 1 heterocycles.